The van der Waals surface area contributed by atoms with E-state index >= 15 is 0 Å². The van der Waals surface area contributed by atoms with E-state index in [0.717, 1.165) is 5.00 Å². The van der Waals surface area contributed by atoms with Gasteiger partial charge in [0.05, 0.1) is 17.7 Å². The van der Waals surface area contributed by atoms with E-state index in [1.807, 2.05) is 6.92 Å². The molecule has 19 heavy (non-hydrogen) atoms. The monoisotopic (exact) mass is 282 g/mol. The van der Waals surface area contributed by atoms with Crippen LogP contribution in [0.25, 0.3) is 0 Å². The zero-order valence-corrected chi connectivity index (χ0v) is 12.8. The second-order valence-corrected chi connectivity index (χ2v) is 6.63. The Morgan fingerprint density at radius 3 is 2.63 bits per heavy atom. The summed E-state index contributed by atoms with van der Waals surface area (Å²) in [5, 5.41) is 4.37. The quantitative estimate of drug-likeness (QED) is 0.783. The van der Waals surface area contributed by atoms with E-state index in [4.69, 9.17) is 10.5 Å². The molecule has 4 nitrogen and oxygen atoms in total. The van der Waals surface area contributed by atoms with Crippen LogP contribution in [-0.2, 0) is 0 Å². The molecule has 2 rings (SSSR count). The van der Waals surface area contributed by atoms with E-state index in [2.05, 4.69) is 19.2 Å². The van der Waals surface area contributed by atoms with Crippen molar-refractivity contribution in [2.75, 3.05) is 18.2 Å². The molecule has 0 atom stereocenters. The van der Waals surface area contributed by atoms with Crippen molar-refractivity contribution < 1.29 is 9.53 Å². The second kappa shape index (κ2) is 5.04. The van der Waals surface area contributed by atoms with Gasteiger partial charge in [0.1, 0.15) is 5.00 Å². The molecule has 5 heteroatoms. The number of anilines is 2. The van der Waals surface area contributed by atoms with Crippen LogP contribution in [-0.4, -0.2) is 18.4 Å². The number of carbonyl (C=O) groups excluding carboxylic acids is 1. The highest BCUT2D eigenvalue weighted by Gasteiger charge is 2.39. The molecule has 0 amide bonds. The predicted molar refractivity (Wildman–Crippen MR) is 80.3 cm³/mol. The van der Waals surface area contributed by atoms with Gasteiger partial charge in [-0.15, -0.1) is 11.3 Å². The smallest absolute Gasteiger partial charge is 0.176 e. The van der Waals surface area contributed by atoms with Crippen LogP contribution in [0.2, 0.25) is 0 Å². The second-order valence-electron chi connectivity index (χ2n) is 5.60. The molecule has 0 spiro atoms. The summed E-state index contributed by atoms with van der Waals surface area (Å²) in [7, 11) is 1.59. The number of ketones is 1. The van der Waals surface area contributed by atoms with E-state index in [9.17, 15) is 4.79 Å². The fourth-order valence-electron chi connectivity index (χ4n) is 2.28. The first kappa shape index (κ1) is 14.2. The Kier molecular flexibility index (Phi) is 3.76. The molecule has 0 saturated heterocycles. The van der Waals surface area contributed by atoms with Crippen LogP contribution in [0.15, 0.2) is 0 Å². The molecule has 0 aromatic carbocycles. The summed E-state index contributed by atoms with van der Waals surface area (Å²) >= 11 is 1.40. The maximum atomic E-state index is 11.9. The van der Waals surface area contributed by atoms with Gasteiger partial charge in [0.15, 0.2) is 11.5 Å². The Labute approximate surface area is 118 Å². The summed E-state index contributed by atoms with van der Waals surface area (Å²) in [5.74, 6) is 1.36. The molecule has 1 aromatic heterocycles. The van der Waals surface area contributed by atoms with E-state index in [0.29, 0.717) is 28.7 Å². The van der Waals surface area contributed by atoms with Crippen LogP contribution in [0.4, 0.5) is 10.7 Å². The van der Waals surface area contributed by atoms with Crippen LogP contribution < -0.4 is 15.8 Å². The zero-order chi connectivity index (χ0) is 14.2. The number of hydrogen-bond donors (Lipinski definition) is 2. The van der Waals surface area contributed by atoms with Crippen molar-refractivity contribution in [3.8, 4) is 5.75 Å². The number of methoxy groups -OCH3 is 1. The number of nitrogen functional groups attached to an aromatic ring is 1. The number of nitrogens with two attached hydrogens (primary N) is 1. The van der Waals surface area contributed by atoms with Gasteiger partial charge >= 0.3 is 0 Å². The van der Waals surface area contributed by atoms with E-state index in [1.165, 1.54) is 24.2 Å². The van der Waals surface area contributed by atoms with Crippen LogP contribution in [0.5, 0.6) is 5.75 Å². The Balaban J connectivity index is 2.31. The van der Waals surface area contributed by atoms with Crippen LogP contribution in [0, 0.1) is 5.92 Å². The SMILES string of the molecule is CCC(=O)c1sc(NC(C)(C)C2CC2)c(OC)c1N. The van der Waals surface area contributed by atoms with Crippen molar-refractivity contribution >= 4 is 27.8 Å². The molecule has 106 valence electrons. The van der Waals surface area contributed by atoms with Crippen molar-refractivity contribution in [2.24, 2.45) is 5.92 Å². The lowest BCUT2D eigenvalue weighted by atomic mass is 9.99. The predicted octanol–water partition coefficient (Wildman–Crippen LogP) is 3.53. The van der Waals surface area contributed by atoms with Gasteiger partial charge < -0.3 is 15.8 Å². The number of carbonyl (C=O) groups is 1. The van der Waals surface area contributed by atoms with Gasteiger partial charge in [-0.1, -0.05) is 6.92 Å². The summed E-state index contributed by atoms with van der Waals surface area (Å²) in [4.78, 5) is 12.5. The highest BCUT2D eigenvalue weighted by atomic mass is 32.1. The minimum atomic E-state index is 0.0110. The van der Waals surface area contributed by atoms with Gasteiger partial charge in [-0.2, -0.15) is 0 Å². The zero-order valence-electron chi connectivity index (χ0n) is 12.0. The topological polar surface area (TPSA) is 64.3 Å². The Bertz CT molecular complexity index is 490. The average Bonchev–Trinajstić information content (AvgIpc) is 3.15. The molecule has 0 bridgehead atoms. The molecule has 3 N–H and O–H groups in total. The third kappa shape index (κ3) is 2.71. The van der Waals surface area contributed by atoms with Gasteiger partial charge in [0, 0.05) is 12.0 Å². The molecular formula is C14H22N2O2S. The Morgan fingerprint density at radius 1 is 1.53 bits per heavy atom. The Morgan fingerprint density at radius 2 is 2.16 bits per heavy atom. The fourth-order valence-corrected chi connectivity index (χ4v) is 3.55. The highest BCUT2D eigenvalue weighted by molar-refractivity contribution is 7.19. The first-order valence-electron chi connectivity index (χ1n) is 6.68. The van der Waals surface area contributed by atoms with Gasteiger partial charge in [0.2, 0.25) is 0 Å². The van der Waals surface area contributed by atoms with Crippen LogP contribution >= 0.6 is 11.3 Å². The third-order valence-corrected chi connectivity index (χ3v) is 4.86. The lowest BCUT2D eigenvalue weighted by Gasteiger charge is -2.27. The number of Topliss-reactive ketones (excluding diaryl/α,β-unsaturated/α-hetero) is 1. The molecule has 1 saturated carbocycles. The standard InChI is InChI=1S/C14H22N2O2S/c1-5-9(17)12-10(15)11(18-4)13(19-12)16-14(2,3)8-6-7-8/h8,16H,5-7,15H2,1-4H3. The summed E-state index contributed by atoms with van der Waals surface area (Å²) in [6.45, 7) is 6.21. The van der Waals surface area contributed by atoms with Crippen LogP contribution in [0.3, 0.4) is 0 Å². The minimum absolute atomic E-state index is 0.0110. The van der Waals surface area contributed by atoms with Gasteiger partial charge in [-0.05, 0) is 32.6 Å². The average molecular weight is 282 g/mol. The summed E-state index contributed by atoms with van der Waals surface area (Å²) in [6.07, 6.45) is 2.97. The lowest BCUT2D eigenvalue weighted by molar-refractivity contribution is 0.0992. The molecular weight excluding hydrogens is 260 g/mol. The normalized spacial score (nSPS) is 15.4. The first-order valence-corrected chi connectivity index (χ1v) is 7.50. The number of rotatable bonds is 6. The summed E-state index contributed by atoms with van der Waals surface area (Å²) in [6, 6.07) is 0. The van der Waals surface area contributed by atoms with Crippen molar-refractivity contribution in [2.45, 2.75) is 45.6 Å². The van der Waals surface area contributed by atoms with Gasteiger partial charge in [-0.3, -0.25) is 4.79 Å². The minimum Gasteiger partial charge on any atom is -0.492 e. The first-order chi connectivity index (χ1) is 8.90. The molecule has 0 unspecified atom stereocenters. The van der Waals surface area contributed by atoms with Crippen molar-refractivity contribution in [3.05, 3.63) is 4.88 Å². The van der Waals surface area contributed by atoms with Crippen molar-refractivity contribution in [3.63, 3.8) is 0 Å². The summed E-state index contributed by atoms with van der Waals surface area (Å²) in [5.41, 5.74) is 6.50. The third-order valence-electron chi connectivity index (χ3n) is 3.71. The molecule has 1 heterocycles. The maximum absolute atomic E-state index is 11.9. The van der Waals surface area contributed by atoms with Crippen LogP contribution in [0.1, 0.15) is 49.7 Å². The molecule has 1 aliphatic carbocycles. The number of hydrogen-bond acceptors (Lipinski definition) is 5. The summed E-state index contributed by atoms with van der Waals surface area (Å²) < 4.78 is 5.37. The van der Waals surface area contributed by atoms with E-state index in [1.54, 1.807) is 7.11 Å². The number of ether oxygens (including phenoxy) is 1. The largest absolute Gasteiger partial charge is 0.492 e. The fraction of sp³-hybridized carbons (Fsp3) is 0.643. The number of thiophene rings is 1. The van der Waals surface area contributed by atoms with E-state index < -0.39 is 0 Å². The molecule has 1 aliphatic rings. The van der Waals surface area contributed by atoms with Crippen molar-refractivity contribution in [1.82, 2.24) is 0 Å². The molecule has 0 radical (unpaired) electrons. The van der Waals surface area contributed by atoms with Gasteiger partial charge in [0.25, 0.3) is 0 Å². The van der Waals surface area contributed by atoms with E-state index in [-0.39, 0.29) is 11.3 Å². The maximum Gasteiger partial charge on any atom is 0.176 e. The molecule has 1 fully saturated rings. The number of nitrogens with one attached hydrogen (secondary N) is 1. The molecule has 1 aromatic rings. The van der Waals surface area contributed by atoms with Crippen molar-refractivity contribution in [1.29, 1.82) is 0 Å². The lowest BCUT2D eigenvalue weighted by Crippen LogP contribution is -2.32. The molecule has 0 aliphatic heterocycles. The highest BCUT2D eigenvalue weighted by Crippen LogP contribution is 2.47. The van der Waals surface area contributed by atoms with Gasteiger partial charge in [-0.25, -0.2) is 0 Å². The Hall–Kier alpha value is -1.23.